The minimum atomic E-state index is -0.321. The molecule has 1 unspecified atom stereocenters. The quantitative estimate of drug-likeness (QED) is 0.835. The van der Waals surface area contributed by atoms with Gasteiger partial charge in [-0.25, -0.2) is 0 Å². The number of hydrogen-bond donors (Lipinski definition) is 2. The molecule has 5 nitrogen and oxygen atoms in total. The molecule has 0 aliphatic heterocycles. The van der Waals surface area contributed by atoms with Crippen molar-refractivity contribution in [3.05, 3.63) is 34.9 Å². The van der Waals surface area contributed by atoms with Crippen molar-refractivity contribution in [3.8, 4) is 0 Å². The maximum Gasteiger partial charge on any atom is 0.242 e. The zero-order valence-corrected chi connectivity index (χ0v) is 12.8. The fourth-order valence-corrected chi connectivity index (χ4v) is 2.45. The van der Waals surface area contributed by atoms with Crippen LogP contribution in [0.1, 0.15) is 31.4 Å². The van der Waals surface area contributed by atoms with E-state index in [-0.39, 0.29) is 37.0 Å². The van der Waals surface area contributed by atoms with Crippen LogP contribution in [-0.2, 0) is 9.59 Å². The van der Waals surface area contributed by atoms with E-state index in [2.05, 4.69) is 5.32 Å². The monoisotopic (exact) mass is 309 g/mol. The molecule has 1 atom stereocenters. The van der Waals surface area contributed by atoms with Gasteiger partial charge in [0.15, 0.2) is 0 Å². The highest BCUT2D eigenvalue weighted by atomic mass is 35.5. The first-order chi connectivity index (χ1) is 10.0. The van der Waals surface area contributed by atoms with Gasteiger partial charge >= 0.3 is 0 Å². The van der Waals surface area contributed by atoms with E-state index in [0.29, 0.717) is 5.02 Å². The predicted octanol–water partition coefficient (Wildman–Crippen LogP) is 1.47. The van der Waals surface area contributed by atoms with Gasteiger partial charge in [-0.05, 0) is 37.5 Å². The molecule has 21 heavy (non-hydrogen) atoms. The molecule has 3 N–H and O–H groups in total. The van der Waals surface area contributed by atoms with Gasteiger partial charge in [-0.1, -0.05) is 23.7 Å². The molecule has 1 fully saturated rings. The van der Waals surface area contributed by atoms with Gasteiger partial charge in [-0.3, -0.25) is 9.59 Å². The SMILES string of the molecule is CC(c1ccc(Cl)cc1)N(C(=O)CNC(=O)CN)C1CC1. The second kappa shape index (κ2) is 6.91. The number of benzene rings is 1. The third kappa shape index (κ3) is 4.19. The van der Waals surface area contributed by atoms with E-state index >= 15 is 0 Å². The highest BCUT2D eigenvalue weighted by Crippen LogP contribution is 2.34. The number of nitrogens with two attached hydrogens (primary N) is 1. The molecule has 0 heterocycles. The summed E-state index contributed by atoms with van der Waals surface area (Å²) in [5, 5.41) is 3.21. The molecule has 114 valence electrons. The number of rotatable bonds is 6. The minimum Gasteiger partial charge on any atom is -0.346 e. The summed E-state index contributed by atoms with van der Waals surface area (Å²) in [6.07, 6.45) is 2.02. The van der Waals surface area contributed by atoms with Crippen LogP contribution in [0, 0.1) is 0 Å². The van der Waals surface area contributed by atoms with Crippen molar-refractivity contribution in [1.29, 1.82) is 0 Å². The molecule has 1 saturated carbocycles. The molecule has 1 aliphatic carbocycles. The maximum absolute atomic E-state index is 12.4. The molecule has 1 aromatic rings. The summed E-state index contributed by atoms with van der Waals surface area (Å²) in [6.45, 7) is 1.87. The Morgan fingerprint density at radius 3 is 2.52 bits per heavy atom. The van der Waals surface area contributed by atoms with Gasteiger partial charge in [0.1, 0.15) is 0 Å². The number of carbonyl (C=O) groups is 2. The molecule has 0 radical (unpaired) electrons. The maximum atomic E-state index is 12.4. The van der Waals surface area contributed by atoms with E-state index in [0.717, 1.165) is 18.4 Å². The van der Waals surface area contributed by atoms with Crippen LogP contribution in [0.2, 0.25) is 5.02 Å². The summed E-state index contributed by atoms with van der Waals surface area (Å²) < 4.78 is 0. The Labute approximate surface area is 129 Å². The van der Waals surface area contributed by atoms with Gasteiger partial charge in [0.05, 0.1) is 19.1 Å². The topological polar surface area (TPSA) is 75.4 Å². The fourth-order valence-electron chi connectivity index (χ4n) is 2.33. The number of nitrogens with zero attached hydrogens (tertiary/aromatic N) is 1. The average Bonchev–Trinajstić information content (AvgIpc) is 3.30. The van der Waals surface area contributed by atoms with Crippen LogP contribution in [0.4, 0.5) is 0 Å². The fraction of sp³-hybridized carbons (Fsp3) is 0.467. The van der Waals surface area contributed by atoms with E-state index in [1.54, 1.807) is 0 Å². The summed E-state index contributed by atoms with van der Waals surface area (Å²) in [5.74, 6) is -0.403. The van der Waals surface area contributed by atoms with Gasteiger partial charge in [-0.2, -0.15) is 0 Å². The zero-order chi connectivity index (χ0) is 15.4. The van der Waals surface area contributed by atoms with E-state index in [1.165, 1.54) is 0 Å². The molecular formula is C15H20ClN3O2. The Balaban J connectivity index is 2.05. The van der Waals surface area contributed by atoms with Crippen molar-refractivity contribution in [3.63, 3.8) is 0 Å². The van der Waals surface area contributed by atoms with Gasteiger partial charge < -0.3 is 16.0 Å². The second-order valence-electron chi connectivity index (χ2n) is 5.24. The third-order valence-electron chi connectivity index (χ3n) is 3.62. The summed E-state index contributed by atoms with van der Waals surface area (Å²) in [7, 11) is 0. The van der Waals surface area contributed by atoms with Crippen LogP contribution >= 0.6 is 11.6 Å². The van der Waals surface area contributed by atoms with Crippen molar-refractivity contribution in [2.24, 2.45) is 5.73 Å². The van der Waals surface area contributed by atoms with Crippen LogP contribution in [-0.4, -0.2) is 35.8 Å². The van der Waals surface area contributed by atoms with E-state index in [4.69, 9.17) is 17.3 Å². The van der Waals surface area contributed by atoms with E-state index < -0.39 is 0 Å². The molecule has 0 bridgehead atoms. The van der Waals surface area contributed by atoms with Gasteiger partial charge in [-0.15, -0.1) is 0 Å². The highest BCUT2D eigenvalue weighted by molar-refractivity contribution is 6.30. The lowest BCUT2D eigenvalue weighted by Gasteiger charge is -2.30. The first-order valence-corrected chi connectivity index (χ1v) is 7.44. The van der Waals surface area contributed by atoms with Crippen LogP contribution in [0.25, 0.3) is 0 Å². The minimum absolute atomic E-state index is 0.00946. The Morgan fingerprint density at radius 2 is 2.00 bits per heavy atom. The summed E-state index contributed by atoms with van der Waals surface area (Å²) in [5.41, 5.74) is 6.25. The first kappa shape index (κ1) is 15.8. The van der Waals surface area contributed by atoms with Crippen molar-refractivity contribution in [2.45, 2.75) is 31.8 Å². The number of hydrogen-bond acceptors (Lipinski definition) is 3. The summed E-state index contributed by atoms with van der Waals surface area (Å²) in [4.78, 5) is 25.4. The van der Waals surface area contributed by atoms with E-state index in [9.17, 15) is 9.59 Å². The van der Waals surface area contributed by atoms with Crippen LogP contribution < -0.4 is 11.1 Å². The summed E-state index contributed by atoms with van der Waals surface area (Å²) >= 11 is 5.89. The van der Waals surface area contributed by atoms with Gasteiger partial charge in [0.2, 0.25) is 11.8 Å². The molecule has 2 amide bonds. The molecule has 0 spiro atoms. The van der Waals surface area contributed by atoms with Gasteiger partial charge in [0, 0.05) is 11.1 Å². The van der Waals surface area contributed by atoms with Crippen LogP contribution in [0.3, 0.4) is 0 Å². The average molecular weight is 310 g/mol. The lowest BCUT2D eigenvalue weighted by molar-refractivity contribution is -0.135. The lowest BCUT2D eigenvalue weighted by atomic mass is 10.1. The van der Waals surface area contributed by atoms with Crippen molar-refractivity contribution < 1.29 is 9.59 Å². The molecule has 6 heteroatoms. The normalized spacial score (nSPS) is 15.4. The molecule has 1 aliphatic rings. The van der Waals surface area contributed by atoms with Crippen LogP contribution in [0.5, 0.6) is 0 Å². The molecule has 2 rings (SSSR count). The second-order valence-corrected chi connectivity index (χ2v) is 5.68. The Kier molecular flexibility index (Phi) is 5.20. The lowest BCUT2D eigenvalue weighted by Crippen LogP contribution is -2.43. The van der Waals surface area contributed by atoms with Crippen molar-refractivity contribution >= 4 is 23.4 Å². The number of nitrogens with one attached hydrogen (secondary N) is 1. The Bertz CT molecular complexity index is 514. The number of amides is 2. The standard InChI is InChI=1S/C15H20ClN3O2/c1-10(11-2-4-12(16)5-3-11)19(13-6-7-13)15(21)9-18-14(20)8-17/h2-5,10,13H,6-9,17H2,1H3,(H,18,20). The predicted molar refractivity (Wildman–Crippen MR) is 81.8 cm³/mol. The smallest absolute Gasteiger partial charge is 0.242 e. The molecular weight excluding hydrogens is 290 g/mol. The van der Waals surface area contributed by atoms with Gasteiger partial charge in [0.25, 0.3) is 0 Å². The third-order valence-corrected chi connectivity index (χ3v) is 3.87. The molecule has 0 aromatic heterocycles. The molecule has 1 aromatic carbocycles. The van der Waals surface area contributed by atoms with Crippen LogP contribution in [0.15, 0.2) is 24.3 Å². The molecule has 0 saturated heterocycles. The Morgan fingerprint density at radius 1 is 1.38 bits per heavy atom. The van der Waals surface area contributed by atoms with E-state index in [1.807, 2.05) is 36.1 Å². The van der Waals surface area contributed by atoms with Crippen molar-refractivity contribution in [2.75, 3.05) is 13.1 Å². The zero-order valence-electron chi connectivity index (χ0n) is 12.0. The number of carbonyl (C=O) groups excluding carboxylic acids is 2. The first-order valence-electron chi connectivity index (χ1n) is 7.06. The largest absolute Gasteiger partial charge is 0.346 e. The number of halogens is 1. The summed E-state index contributed by atoms with van der Waals surface area (Å²) in [6, 6.07) is 7.70. The highest BCUT2D eigenvalue weighted by Gasteiger charge is 2.36. The van der Waals surface area contributed by atoms with Crippen molar-refractivity contribution in [1.82, 2.24) is 10.2 Å². The Hall–Kier alpha value is -1.59.